The fourth-order valence-electron chi connectivity index (χ4n) is 1.46. The van der Waals surface area contributed by atoms with Crippen molar-refractivity contribution in [2.24, 2.45) is 0 Å². The van der Waals surface area contributed by atoms with Crippen LogP contribution >= 0.6 is 0 Å². The second-order valence-corrected chi connectivity index (χ2v) is 2.99. The number of pyridine rings is 1. The lowest BCUT2D eigenvalue weighted by atomic mass is 10.0. The molecule has 1 aromatic heterocycles. The normalized spacial score (nSPS) is 12.3. The van der Waals surface area contributed by atoms with Gasteiger partial charge in [-0.3, -0.25) is 4.98 Å². The van der Waals surface area contributed by atoms with Crippen molar-refractivity contribution < 1.29 is 5.11 Å². The molecule has 1 atom stereocenters. The Kier molecular flexibility index (Phi) is 2.18. The van der Waals surface area contributed by atoms with Gasteiger partial charge in [-0.1, -0.05) is 24.1 Å². The van der Waals surface area contributed by atoms with Crippen molar-refractivity contribution in [1.29, 1.82) is 0 Å². The van der Waals surface area contributed by atoms with Gasteiger partial charge >= 0.3 is 0 Å². The van der Waals surface area contributed by atoms with Crippen LogP contribution in [0.4, 0.5) is 0 Å². The minimum Gasteiger partial charge on any atom is -0.376 e. The predicted molar refractivity (Wildman–Crippen MR) is 55.5 cm³/mol. The SMILES string of the molecule is C#CC(O)c1cccc2ncccc12. The van der Waals surface area contributed by atoms with Crippen molar-refractivity contribution in [3.8, 4) is 12.3 Å². The Labute approximate surface area is 82.2 Å². The maximum atomic E-state index is 9.56. The first-order valence-corrected chi connectivity index (χ1v) is 4.31. The van der Waals surface area contributed by atoms with Gasteiger partial charge in [-0.25, -0.2) is 0 Å². The van der Waals surface area contributed by atoms with Gasteiger partial charge in [-0.05, 0) is 12.1 Å². The fourth-order valence-corrected chi connectivity index (χ4v) is 1.46. The maximum absolute atomic E-state index is 9.56. The van der Waals surface area contributed by atoms with Gasteiger partial charge < -0.3 is 5.11 Å². The Balaban J connectivity index is 2.72. The zero-order valence-electron chi connectivity index (χ0n) is 7.51. The van der Waals surface area contributed by atoms with Gasteiger partial charge in [0, 0.05) is 17.1 Å². The number of hydrogen-bond donors (Lipinski definition) is 1. The fraction of sp³-hybridized carbons (Fsp3) is 0.0833. The van der Waals surface area contributed by atoms with Crippen LogP contribution in [0.2, 0.25) is 0 Å². The van der Waals surface area contributed by atoms with Gasteiger partial charge in [-0.2, -0.15) is 0 Å². The molecule has 0 spiro atoms. The second-order valence-electron chi connectivity index (χ2n) is 2.99. The van der Waals surface area contributed by atoms with Crippen molar-refractivity contribution in [2.45, 2.75) is 6.10 Å². The molecule has 0 amide bonds. The molecule has 1 N–H and O–H groups in total. The van der Waals surface area contributed by atoms with Gasteiger partial charge in [0.2, 0.25) is 0 Å². The number of terminal acetylenes is 1. The molecule has 0 aliphatic rings. The summed E-state index contributed by atoms with van der Waals surface area (Å²) in [7, 11) is 0. The highest BCUT2D eigenvalue weighted by molar-refractivity contribution is 5.82. The monoisotopic (exact) mass is 183 g/mol. The number of benzene rings is 1. The molecule has 0 fully saturated rings. The van der Waals surface area contributed by atoms with Gasteiger partial charge in [0.15, 0.2) is 0 Å². The topological polar surface area (TPSA) is 33.1 Å². The minimum atomic E-state index is -0.858. The van der Waals surface area contributed by atoms with Crippen LogP contribution in [0.15, 0.2) is 36.5 Å². The number of nitrogens with zero attached hydrogens (tertiary/aromatic N) is 1. The lowest BCUT2D eigenvalue weighted by Crippen LogP contribution is -1.94. The molecule has 1 heterocycles. The average molecular weight is 183 g/mol. The van der Waals surface area contributed by atoms with Gasteiger partial charge in [-0.15, -0.1) is 6.42 Å². The van der Waals surface area contributed by atoms with Crippen LogP contribution in [0, 0.1) is 12.3 Å². The van der Waals surface area contributed by atoms with E-state index in [1.807, 2.05) is 30.3 Å². The summed E-state index contributed by atoms with van der Waals surface area (Å²) in [6, 6.07) is 9.27. The summed E-state index contributed by atoms with van der Waals surface area (Å²) in [6.07, 6.45) is 6.03. The smallest absolute Gasteiger partial charge is 0.140 e. The van der Waals surface area contributed by atoms with Crippen LogP contribution in [0.3, 0.4) is 0 Å². The van der Waals surface area contributed by atoms with E-state index >= 15 is 0 Å². The van der Waals surface area contributed by atoms with Crippen molar-refractivity contribution in [1.82, 2.24) is 4.98 Å². The molecule has 0 radical (unpaired) electrons. The van der Waals surface area contributed by atoms with Crippen molar-refractivity contribution in [3.05, 3.63) is 42.1 Å². The molecule has 2 heteroatoms. The summed E-state index contributed by atoms with van der Waals surface area (Å²) in [5, 5.41) is 10.5. The van der Waals surface area contributed by atoms with Crippen molar-refractivity contribution in [3.63, 3.8) is 0 Å². The lowest BCUT2D eigenvalue weighted by Gasteiger charge is -2.06. The summed E-state index contributed by atoms with van der Waals surface area (Å²) in [6.45, 7) is 0. The van der Waals surface area contributed by atoms with E-state index in [-0.39, 0.29) is 0 Å². The summed E-state index contributed by atoms with van der Waals surface area (Å²) >= 11 is 0. The molecule has 1 unspecified atom stereocenters. The molecule has 2 nitrogen and oxygen atoms in total. The van der Waals surface area contributed by atoms with E-state index in [1.165, 1.54) is 0 Å². The first-order chi connectivity index (χ1) is 6.83. The van der Waals surface area contributed by atoms with E-state index in [0.717, 1.165) is 16.5 Å². The first kappa shape index (κ1) is 8.74. The molecule has 0 aliphatic carbocycles. The average Bonchev–Trinajstić information content (AvgIpc) is 2.27. The van der Waals surface area contributed by atoms with Gasteiger partial charge in [0.1, 0.15) is 6.10 Å². The summed E-state index contributed by atoms with van der Waals surface area (Å²) in [4.78, 5) is 4.18. The largest absolute Gasteiger partial charge is 0.376 e. The Morgan fingerprint density at radius 3 is 2.93 bits per heavy atom. The van der Waals surface area contributed by atoms with E-state index in [0.29, 0.717) is 0 Å². The van der Waals surface area contributed by atoms with Crippen LogP contribution in [-0.4, -0.2) is 10.1 Å². The van der Waals surface area contributed by atoms with E-state index in [4.69, 9.17) is 6.42 Å². The Hall–Kier alpha value is -1.85. The lowest BCUT2D eigenvalue weighted by molar-refractivity contribution is 0.240. The molecule has 0 bridgehead atoms. The predicted octanol–water partition coefficient (Wildman–Crippen LogP) is 1.90. The van der Waals surface area contributed by atoms with Gasteiger partial charge in [0.05, 0.1) is 5.52 Å². The molecular formula is C12H9NO. The number of rotatable bonds is 1. The van der Waals surface area contributed by atoms with E-state index in [1.54, 1.807) is 6.20 Å². The van der Waals surface area contributed by atoms with Crippen LogP contribution in [0.25, 0.3) is 10.9 Å². The Bertz CT molecular complexity index is 494. The Morgan fingerprint density at radius 2 is 2.14 bits per heavy atom. The van der Waals surface area contributed by atoms with Crippen LogP contribution in [0.1, 0.15) is 11.7 Å². The molecule has 14 heavy (non-hydrogen) atoms. The van der Waals surface area contributed by atoms with Crippen molar-refractivity contribution in [2.75, 3.05) is 0 Å². The molecule has 0 aliphatic heterocycles. The van der Waals surface area contributed by atoms with E-state index < -0.39 is 6.10 Å². The molecule has 0 saturated carbocycles. The maximum Gasteiger partial charge on any atom is 0.140 e. The van der Waals surface area contributed by atoms with E-state index in [2.05, 4.69) is 10.9 Å². The second kappa shape index (κ2) is 3.49. The molecule has 2 aromatic rings. The molecular weight excluding hydrogens is 174 g/mol. The molecule has 1 aromatic carbocycles. The van der Waals surface area contributed by atoms with Gasteiger partial charge in [0.25, 0.3) is 0 Å². The van der Waals surface area contributed by atoms with Crippen LogP contribution < -0.4 is 0 Å². The number of aliphatic hydroxyl groups is 1. The highest BCUT2D eigenvalue weighted by atomic mass is 16.3. The number of hydrogen-bond acceptors (Lipinski definition) is 2. The van der Waals surface area contributed by atoms with Crippen molar-refractivity contribution >= 4 is 10.9 Å². The third-order valence-electron chi connectivity index (χ3n) is 2.13. The highest BCUT2D eigenvalue weighted by Crippen LogP contribution is 2.21. The minimum absolute atomic E-state index is 0.734. The third kappa shape index (κ3) is 1.34. The molecule has 68 valence electrons. The number of aliphatic hydroxyl groups excluding tert-OH is 1. The standard InChI is InChI=1S/C12H9NO/c1-2-12(14)10-5-3-7-11-9(10)6-4-8-13-11/h1,3-8,12,14H. The number of fused-ring (bicyclic) bond motifs is 1. The Morgan fingerprint density at radius 1 is 1.29 bits per heavy atom. The zero-order valence-corrected chi connectivity index (χ0v) is 7.51. The van der Waals surface area contributed by atoms with Crippen LogP contribution in [-0.2, 0) is 0 Å². The summed E-state index contributed by atoms with van der Waals surface area (Å²) < 4.78 is 0. The first-order valence-electron chi connectivity index (χ1n) is 4.31. The quantitative estimate of drug-likeness (QED) is 0.685. The number of aromatic nitrogens is 1. The summed E-state index contributed by atoms with van der Waals surface area (Å²) in [5.41, 5.74) is 1.58. The molecule has 2 rings (SSSR count). The zero-order chi connectivity index (χ0) is 9.97. The third-order valence-corrected chi connectivity index (χ3v) is 2.13. The highest BCUT2D eigenvalue weighted by Gasteiger charge is 2.07. The van der Waals surface area contributed by atoms with E-state index in [9.17, 15) is 5.11 Å². The molecule has 0 saturated heterocycles. The van der Waals surface area contributed by atoms with Crippen LogP contribution in [0.5, 0.6) is 0 Å². The summed E-state index contributed by atoms with van der Waals surface area (Å²) in [5.74, 6) is 2.30.